The number of hydrogen-bond donors (Lipinski definition) is 5. The van der Waals surface area contributed by atoms with E-state index in [1.807, 2.05) is 0 Å². The topological polar surface area (TPSA) is 101 Å². The van der Waals surface area contributed by atoms with Crippen LogP contribution in [0.5, 0.6) is 0 Å². The Kier molecular flexibility index (Phi) is 5.15. The Morgan fingerprint density at radius 1 is 1.00 bits per heavy atom. The van der Waals surface area contributed by atoms with Crippen molar-refractivity contribution < 1.29 is 25.5 Å². The van der Waals surface area contributed by atoms with E-state index in [1.54, 1.807) is 0 Å². The monoisotopic (exact) mass is 230 g/mol. The lowest BCUT2D eigenvalue weighted by Gasteiger charge is -2.22. The Hall–Kier alpha value is 0.280. The summed E-state index contributed by atoms with van der Waals surface area (Å²) < 4.78 is 0. The minimum absolute atomic E-state index is 0.669. The molecule has 0 heterocycles. The van der Waals surface area contributed by atoms with Gasteiger partial charge >= 0.3 is 0 Å². The van der Waals surface area contributed by atoms with Crippen LogP contribution in [0.4, 0.5) is 0 Å². The highest BCUT2D eigenvalue weighted by atomic mass is 79.9. The van der Waals surface area contributed by atoms with Crippen molar-refractivity contribution in [2.24, 2.45) is 0 Å². The van der Waals surface area contributed by atoms with Gasteiger partial charge in [0.1, 0.15) is 23.3 Å². The second-order valence-corrected chi connectivity index (χ2v) is 3.04. The number of aliphatic hydroxyl groups excluding tert-OH is 5. The highest BCUT2D eigenvalue weighted by Crippen LogP contribution is 2.08. The van der Waals surface area contributed by atoms with E-state index in [0.29, 0.717) is 0 Å². The van der Waals surface area contributed by atoms with E-state index < -0.39 is 29.9 Å². The van der Waals surface area contributed by atoms with Gasteiger partial charge in [0, 0.05) is 0 Å². The molecule has 0 saturated carbocycles. The van der Waals surface area contributed by atoms with Gasteiger partial charge in [-0.3, -0.25) is 0 Å². The summed E-state index contributed by atoms with van der Waals surface area (Å²) in [6.07, 6.45) is -4.52. The molecule has 11 heavy (non-hydrogen) atoms. The third-order valence-electron chi connectivity index (χ3n) is 1.21. The second-order valence-electron chi connectivity index (χ2n) is 2.10. The van der Waals surface area contributed by atoms with Crippen LogP contribution in [0.15, 0.2) is 0 Å². The van der Waals surface area contributed by atoms with Gasteiger partial charge in [0.2, 0.25) is 0 Å². The molecule has 0 rings (SSSR count). The first kappa shape index (κ1) is 11.3. The maximum absolute atomic E-state index is 8.91. The van der Waals surface area contributed by atoms with E-state index in [-0.39, 0.29) is 0 Å². The molecule has 0 amide bonds. The van der Waals surface area contributed by atoms with Gasteiger partial charge in [0.15, 0.2) is 0 Å². The number of alkyl halides is 1. The molecular weight excluding hydrogens is 220 g/mol. The lowest BCUT2D eigenvalue weighted by atomic mass is 10.1. The zero-order chi connectivity index (χ0) is 9.02. The van der Waals surface area contributed by atoms with Crippen molar-refractivity contribution in [1.82, 2.24) is 0 Å². The van der Waals surface area contributed by atoms with E-state index >= 15 is 0 Å². The maximum Gasteiger partial charge on any atom is 0.137 e. The van der Waals surface area contributed by atoms with Crippen molar-refractivity contribution in [1.29, 1.82) is 0 Å². The molecule has 4 atom stereocenters. The normalized spacial score (nSPS) is 22.4. The van der Waals surface area contributed by atoms with Gasteiger partial charge in [-0.15, -0.1) is 0 Å². The zero-order valence-corrected chi connectivity index (χ0v) is 7.22. The molecule has 5 N–H and O–H groups in total. The van der Waals surface area contributed by atoms with Crippen LogP contribution < -0.4 is 0 Å². The summed E-state index contributed by atoms with van der Waals surface area (Å²) in [5.74, 6) is 0. The maximum atomic E-state index is 8.91. The Balaban J connectivity index is 3.90. The standard InChI is InChI=1S/C5H11BrO5/c6-5(11)4(10)3(9)2(8)1-7/h2-5,7-11H,1H2/t2-,3-,4+,5?/m1/s1. The summed E-state index contributed by atoms with van der Waals surface area (Å²) in [4.78, 5) is 0. The first-order valence-corrected chi connectivity index (χ1v) is 3.89. The lowest BCUT2D eigenvalue weighted by Crippen LogP contribution is -2.43. The van der Waals surface area contributed by atoms with Crippen LogP contribution in [0.3, 0.4) is 0 Å². The molecule has 0 spiro atoms. The molecule has 0 aromatic rings. The van der Waals surface area contributed by atoms with Crippen molar-refractivity contribution in [2.45, 2.75) is 23.3 Å². The third kappa shape index (κ3) is 3.46. The molecule has 0 aliphatic rings. The Bertz CT molecular complexity index is 109. The lowest BCUT2D eigenvalue weighted by molar-refractivity contribution is -0.0954. The van der Waals surface area contributed by atoms with Gasteiger partial charge < -0.3 is 25.5 Å². The van der Waals surface area contributed by atoms with Crippen LogP contribution in [-0.2, 0) is 0 Å². The van der Waals surface area contributed by atoms with Crippen LogP contribution in [0.1, 0.15) is 0 Å². The number of rotatable bonds is 4. The van der Waals surface area contributed by atoms with Gasteiger partial charge in [0.05, 0.1) is 6.61 Å². The molecule has 0 bridgehead atoms. The Morgan fingerprint density at radius 3 is 1.73 bits per heavy atom. The molecule has 0 aliphatic carbocycles. The smallest absolute Gasteiger partial charge is 0.137 e. The van der Waals surface area contributed by atoms with Gasteiger partial charge in [0.25, 0.3) is 0 Å². The third-order valence-corrected chi connectivity index (χ3v) is 1.75. The van der Waals surface area contributed by atoms with E-state index in [1.165, 1.54) is 0 Å². The highest BCUT2D eigenvalue weighted by Gasteiger charge is 2.28. The molecule has 0 aromatic heterocycles. The number of halogens is 1. The SMILES string of the molecule is OC[C@@H](O)[C@@H](O)[C@H](O)C(O)Br. The summed E-state index contributed by atoms with van der Waals surface area (Å²) in [7, 11) is 0. The average molecular weight is 231 g/mol. The summed E-state index contributed by atoms with van der Waals surface area (Å²) in [6, 6.07) is 0. The van der Waals surface area contributed by atoms with Crippen LogP contribution >= 0.6 is 15.9 Å². The Labute approximate surface area is 72.0 Å². The predicted octanol–water partition coefficient (Wildman–Crippen LogP) is -2.23. The van der Waals surface area contributed by atoms with Crippen LogP contribution in [-0.4, -0.2) is 55.5 Å². The van der Waals surface area contributed by atoms with Gasteiger partial charge in [-0.25, -0.2) is 0 Å². The molecular formula is C5H11BrO5. The molecule has 0 radical (unpaired) electrons. The fourth-order valence-corrected chi connectivity index (χ4v) is 0.811. The molecule has 0 aromatic carbocycles. The molecule has 5 nitrogen and oxygen atoms in total. The fourth-order valence-electron chi connectivity index (χ4n) is 0.498. The predicted molar refractivity (Wildman–Crippen MR) is 40.0 cm³/mol. The summed E-state index contributed by atoms with van der Waals surface area (Å²) >= 11 is 2.59. The summed E-state index contributed by atoms with van der Waals surface area (Å²) in [5, 5.41) is 42.2. The van der Waals surface area contributed by atoms with Crippen molar-refractivity contribution in [3.63, 3.8) is 0 Å². The summed E-state index contributed by atoms with van der Waals surface area (Å²) in [5.41, 5.74) is 0. The largest absolute Gasteiger partial charge is 0.394 e. The van der Waals surface area contributed by atoms with Crippen LogP contribution in [0, 0.1) is 0 Å². The minimum atomic E-state index is -1.56. The zero-order valence-electron chi connectivity index (χ0n) is 5.63. The van der Waals surface area contributed by atoms with E-state index in [2.05, 4.69) is 15.9 Å². The number of aliphatic hydroxyl groups is 5. The van der Waals surface area contributed by atoms with Crippen molar-refractivity contribution in [2.75, 3.05) is 6.61 Å². The fraction of sp³-hybridized carbons (Fsp3) is 1.00. The molecule has 0 aliphatic heterocycles. The average Bonchev–Trinajstić information content (AvgIpc) is 2.00. The van der Waals surface area contributed by atoms with Crippen molar-refractivity contribution in [3.8, 4) is 0 Å². The highest BCUT2D eigenvalue weighted by molar-refractivity contribution is 9.09. The Morgan fingerprint density at radius 2 is 1.45 bits per heavy atom. The van der Waals surface area contributed by atoms with Gasteiger partial charge in [-0.05, 0) is 0 Å². The van der Waals surface area contributed by atoms with Crippen LogP contribution in [0.25, 0.3) is 0 Å². The molecule has 0 saturated heterocycles. The second kappa shape index (κ2) is 5.02. The molecule has 68 valence electrons. The quantitative estimate of drug-likeness (QED) is 0.353. The van der Waals surface area contributed by atoms with E-state index in [0.717, 1.165) is 0 Å². The first-order valence-electron chi connectivity index (χ1n) is 2.98. The van der Waals surface area contributed by atoms with E-state index in [4.69, 9.17) is 25.5 Å². The van der Waals surface area contributed by atoms with Crippen LogP contribution in [0.2, 0.25) is 0 Å². The van der Waals surface area contributed by atoms with E-state index in [9.17, 15) is 0 Å². The number of hydrogen-bond acceptors (Lipinski definition) is 5. The minimum Gasteiger partial charge on any atom is -0.394 e. The molecule has 1 unspecified atom stereocenters. The van der Waals surface area contributed by atoms with Gasteiger partial charge in [-0.1, -0.05) is 15.9 Å². The first-order chi connectivity index (χ1) is 5.00. The van der Waals surface area contributed by atoms with Gasteiger partial charge in [-0.2, -0.15) is 0 Å². The van der Waals surface area contributed by atoms with Crippen molar-refractivity contribution >= 4 is 15.9 Å². The van der Waals surface area contributed by atoms with Crippen molar-refractivity contribution in [3.05, 3.63) is 0 Å². The summed E-state index contributed by atoms with van der Waals surface area (Å²) in [6.45, 7) is -0.669. The molecule has 6 heteroatoms. The molecule has 0 fully saturated rings.